The Morgan fingerprint density at radius 2 is 2.18 bits per heavy atom. The third-order valence-corrected chi connectivity index (χ3v) is 4.18. The van der Waals surface area contributed by atoms with Gasteiger partial charge in [0.25, 0.3) is 0 Å². The number of benzene rings is 1. The summed E-state index contributed by atoms with van der Waals surface area (Å²) in [4.78, 5) is 0. The summed E-state index contributed by atoms with van der Waals surface area (Å²) >= 11 is 0. The van der Waals surface area contributed by atoms with Gasteiger partial charge in [-0.15, -0.1) is 0 Å². The van der Waals surface area contributed by atoms with Gasteiger partial charge in [-0.05, 0) is 37.7 Å². The van der Waals surface area contributed by atoms with Gasteiger partial charge >= 0.3 is 0 Å². The fraction of sp³-hybridized carbons (Fsp3) is 0.600. The molecule has 0 saturated heterocycles. The van der Waals surface area contributed by atoms with Crippen LogP contribution in [0.2, 0.25) is 0 Å². The number of hydrogen-bond acceptors (Lipinski definition) is 1. The Bertz CT molecular complexity index is 389. The van der Waals surface area contributed by atoms with Crippen LogP contribution in [0.1, 0.15) is 49.8 Å². The van der Waals surface area contributed by atoms with E-state index in [0.29, 0.717) is 11.5 Å². The maximum absolute atomic E-state index is 13.8. The highest BCUT2D eigenvalue weighted by Gasteiger charge is 2.29. The fourth-order valence-electron chi connectivity index (χ4n) is 2.98. The van der Waals surface area contributed by atoms with Crippen LogP contribution >= 0.6 is 0 Å². The predicted molar refractivity (Wildman–Crippen MR) is 69.2 cm³/mol. The number of halogens is 1. The Balaban J connectivity index is 2.14. The van der Waals surface area contributed by atoms with Crippen molar-refractivity contribution in [3.05, 3.63) is 35.1 Å². The lowest BCUT2D eigenvalue weighted by atomic mass is 9.90. The molecule has 0 amide bonds. The normalized spacial score (nSPS) is 26.1. The summed E-state index contributed by atoms with van der Waals surface area (Å²) in [6.07, 6.45) is 4.78. The first-order valence-electron chi connectivity index (χ1n) is 6.63. The largest absolute Gasteiger partial charge is 0.324 e. The molecule has 0 heterocycles. The smallest absolute Gasteiger partial charge is 0.127 e. The van der Waals surface area contributed by atoms with Gasteiger partial charge in [0.05, 0.1) is 0 Å². The lowest BCUT2D eigenvalue weighted by Gasteiger charge is -2.20. The molecule has 0 bridgehead atoms. The summed E-state index contributed by atoms with van der Waals surface area (Å²) < 4.78 is 13.8. The number of rotatable bonds is 3. The molecule has 2 N–H and O–H groups in total. The molecular formula is C15H22FN. The van der Waals surface area contributed by atoms with E-state index in [1.807, 2.05) is 13.0 Å². The maximum atomic E-state index is 13.8. The molecule has 1 aliphatic carbocycles. The molecule has 3 atom stereocenters. The minimum atomic E-state index is -0.150. The van der Waals surface area contributed by atoms with Crippen molar-refractivity contribution in [2.45, 2.75) is 45.6 Å². The molecule has 1 saturated carbocycles. The SMILES string of the molecule is CCC1CCC(C(N)c2cc(C)ccc2F)C1. The quantitative estimate of drug-likeness (QED) is 0.843. The predicted octanol–water partition coefficient (Wildman–Crippen LogP) is 3.96. The first-order chi connectivity index (χ1) is 8.11. The van der Waals surface area contributed by atoms with E-state index in [1.165, 1.54) is 18.9 Å². The van der Waals surface area contributed by atoms with Crippen LogP contribution in [-0.2, 0) is 0 Å². The van der Waals surface area contributed by atoms with Crippen LogP contribution in [0.25, 0.3) is 0 Å². The van der Waals surface area contributed by atoms with E-state index in [9.17, 15) is 4.39 Å². The average Bonchev–Trinajstić information content (AvgIpc) is 2.80. The van der Waals surface area contributed by atoms with Crippen LogP contribution in [-0.4, -0.2) is 0 Å². The molecule has 94 valence electrons. The van der Waals surface area contributed by atoms with E-state index in [0.717, 1.165) is 24.3 Å². The first kappa shape index (κ1) is 12.6. The van der Waals surface area contributed by atoms with Gasteiger partial charge in [-0.3, -0.25) is 0 Å². The molecule has 2 rings (SSSR count). The Morgan fingerprint density at radius 3 is 2.82 bits per heavy atom. The van der Waals surface area contributed by atoms with Crippen molar-refractivity contribution in [1.82, 2.24) is 0 Å². The fourth-order valence-corrected chi connectivity index (χ4v) is 2.98. The van der Waals surface area contributed by atoms with Gasteiger partial charge in [0.1, 0.15) is 5.82 Å². The average molecular weight is 235 g/mol. The first-order valence-corrected chi connectivity index (χ1v) is 6.63. The zero-order chi connectivity index (χ0) is 12.4. The highest BCUT2D eigenvalue weighted by atomic mass is 19.1. The Hall–Kier alpha value is -0.890. The second-order valence-electron chi connectivity index (χ2n) is 5.40. The van der Waals surface area contributed by atoms with E-state index in [1.54, 1.807) is 6.07 Å². The second-order valence-corrected chi connectivity index (χ2v) is 5.40. The van der Waals surface area contributed by atoms with Gasteiger partial charge in [0.15, 0.2) is 0 Å². The zero-order valence-electron chi connectivity index (χ0n) is 10.7. The zero-order valence-corrected chi connectivity index (χ0v) is 10.7. The Labute approximate surface area is 103 Å². The van der Waals surface area contributed by atoms with Gasteiger partial charge in [0, 0.05) is 11.6 Å². The monoisotopic (exact) mass is 235 g/mol. The third-order valence-electron chi connectivity index (χ3n) is 4.18. The van der Waals surface area contributed by atoms with Crippen LogP contribution in [0.15, 0.2) is 18.2 Å². The van der Waals surface area contributed by atoms with Gasteiger partial charge < -0.3 is 5.73 Å². The van der Waals surface area contributed by atoms with Crippen molar-refractivity contribution in [3.8, 4) is 0 Å². The van der Waals surface area contributed by atoms with E-state index in [4.69, 9.17) is 5.73 Å². The van der Waals surface area contributed by atoms with E-state index in [2.05, 4.69) is 6.92 Å². The topological polar surface area (TPSA) is 26.0 Å². The summed E-state index contributed by atoms with van der Waals surface area (Å²) in [6.45, 7) is 4.21. The highest BCUT2D eigenvalue weighted by Crippen LogP contribution is 2.39. The molecule has 1 aromatic carbocycles. The van der Waals surface area contributed by atoms with Gasteiger partial charge in [-0.25, -0.2) is 4.39 Å². The van der Waals surface area contributed by atoms with Gasteiger partial charge in [0.2, 0.25) is 0 Å². The van der Waals surface area contributed by atoms with Crippen LogP contribution in [0.3, 0.4) is 0 Å². The van der Waals surface area contributed by atoms with Crippen molar-refractivity contribution in [1.29, 1.82) is 0 Å². The Morgan fingerprint density at radius 1 is 1.41 bits per heavy atom. The van der Waals surface area contributed by atoms with Crippen molar-refractivity contribution < 1.29 is 4.39 Å². The number of aryl methyl sites for hydroxylation is 1. The molecule has 1 aliphatic rings. The lowest BCUT2D eigenvalue weighted by molar-refractivity contribution is 0.405. The molecule has 1 aromatic rings. The van der Waals surface area contributed by atoms with E-state index < -0.39 is 0 Å². The summed E-state index contributed by atoms with van der Waals surface area (Å²) in [7, 11) is 0. The molecule has 3 unspecified atom stereocenters. The van der Waals surface area contributed by atoms with Crippen LogP contribution in [0.4, 0.5) is 4.39 Å². The summed E-state index contributed by atoms with van der Waals surface area (Å²) in [5, 5.41) is 0. The molecule has 2 heteroatoms. The van der Waals surface area contributed by atoms with Crippen molar-refractivity contribution in [2.75, 3.05) is 0 Å². The standard InChI is InChI=1S/C15H22FN/c1-3-11-5-6-12(9-11)15(17)13-8-10(2)4-7-14(13)16/h4,7-8,11-12,15H,3,5-6,9,17H2,1-2H3. The van der Waals surface area contributed by atoms with Gasteiger partial charge in [-0.2, -0.15) is 0 Å². The van der Waals surface area contributed by atoms with Crippen molar-refractivity contribution in [3.63, 3.8) is 0 Å². The molecule has 0 radical (unpaired) electrons. The molecule has 1 fully saturated rings. The lowest BCUT2D eigenvalue weighted by Crippen LogP contribution is -2.21. The highest BCUT2D eigenvalue weighted by molar-refractivity contribution is 5.27. The van der Waals surface area contributed by atoms with E-state index in [-0.39, 0.29) is 11.9 Å². The molecular weight excluding hydrogens is 213 g/mol. The minimum absolute atomic E-state index is 0.133. The molecule has 0 aliphatic heterocycles. The second kappa shape index (κ2) is 5.18. The summed E-state index contributed by atoms with van der Waals surface area (Å²) in [5.41, 5.74) is 8.03. The minimum Gasteiger partial charge on any atom is -0.324 e. The molecule has 17 heavy (non-hydrogen) atoms. The Kier molecular flexibility index (Phi) is 3.82. The third kappa shape index (κ3) is 2.68. The molecule has 0 spiro atoms. The van der Waals surface area contributed by atoms with Crippen LogP contribution < -0.4 is 5.73 Å². The van der Waals surface area contributed by atoms with Gasteiger partial charge in [-0.1, -0.05) is 37.5 Å². The summed E-state index contributed by atoms with van der Waals surface area (Å²) in [5.74, 6) is 1.10. The summed E-state index contributed by atoms with van der Waals surface area (Å²) in [6, 6.07) is 5.11. The number of nitrogens with two attached hydrogens (primary N) is 1. The molecule has 1 nitrogen and oxygen atoms in total. The maximum Gasteiger partial charge on any atom is 0.127 e. The number of hydrogen-bond donors (Lipinski definition) is 1. The van der Waals surface area contributed by atoms with Crippen molar-refractivity contribution >= 4 is 0 Å². The van der Waals surface area contributed by atoms with E-state index >= 15 is 0 Å². The van der Waals surface area contributed by atoms with Crippen molar-refractivity contribution in [2.24, 2.45) is 17.6 Å². The van der Waals surface area contributed by atoms with Crippen LogP contribution in [0.5, 0.6) is 0 Å². The molecule has 0 aromatic heterocycles. The van der Waals surface area contributed by atoms with Crippen LogP contribution in [0, 0.1) is 24.6 Å².